The van der Waals surface area contributed by atoms with Gasteiger partial charge in [-0.1, -0.05) is 23.2 Å². The topological polar surface area (TPSA) is 29.9 Å². The van der Waals surface area contributed by atoms with Crippen LogP contribution in [-0.2, 0) is 19.8 Å². The van der Waals surface area contributed by atoms with Crippen molar-refractivity contribution in [2.75, 3.05) is 5.32 Å². The summed E-state index contributed by atoms with van der Waals surface area (Å²) < 4.78 is 39.6. The van der Waals surface area contributed by atoms with Gasteiger partial charge < -0.3 is 5.32 Å². The largest absolute Gasteiger partial charge is 0.416 e. The fourth-order valence-corrected chi connectivity index (χ4v) is 2.32. The van der Waals surface area contributed by atoms with Crippen LogP contribution in [-0.4, -0.2) is 9.78 Å². The first-order valence-electron chi connectivity index (χ1n) is 5.98. The summed E-state index contributed by atoms with van der Waals surface area (Å²) in [6.45, 7) is 2.01. The second-order valence-corrected chi connectivity index (χ2v) is 5.29. The molecule has 3 nitrogen and oxygen atoms in total. The SMILES string of the molecule is Cc1nn(C)c(Cl)c1CNc1cc(C(F)(F)F)ccc1Cl. The number of nitrogens with zero attached hydrogens (tertiary/aromatic N) is 2. The third kappa shape index (κ3) is 3.44. The van der Waals surface area contributed by atoms with Gasteiger partial charge in [0.25, 0.3) is 0 Å². The van der Waals surface area contributed by atoms with Gasteiger partial charge in [-0.15, -0.1) is 0 Å². The maximum atomic E-state index is 12.7. The van der Waals surface area contributed by atoms with Crippen molar-refractivity contribution in [1.29, 1.82) is 0 Å². The molecule has 0 atom stereocenters. The van der Waals surface area contributed by atoms with Crippen LogP contribution in [0.5, 0.6) is 0 Å². The molecule has 1 N–H and O–H groups in total. The Kier molecular flexibility index (Phi) is 4.39. The lowest BCUT2D eigenvalue weighted by molar-refractivity contribution is -0.137. The number of alkyl halides is 3. The summed E-state index contributed by atoms with van der Waals surface area (Å²) in [5.41, 5.74) is 0.861. The zero-order valence-corrected chi connectivity index (χ0v) is 12.7. The van der Waals surface area contributed by atoms with E-state index in [1.807, 2.05) is 0 Å². The fourth-order valence-electron chi connectivity index (χ4n) is 1.90. The van der Waals surface area contributed by atoms with E-state index < -0.39 is 11.7 Å². The zero-order valence-electron chi connectivity index (χ0n) is 11.2. The molecule has 1 heterocycles. The summed E-state index contributed by atoms with van der Waals surface area (Å²) >= 11 is 12.0. The summed E-state index contributed by atoms with van der Waals surface area (Å²) in [7, 11) is 1.69. The second-order valence-electron chi connectivity index (χ2n) is 4.52. The van der Waals surface area contributed by atoms with E-state index in [2.05, 4.69) is 10.4 Å². The van der Waals surface area contributed by atoms with Crippen LogP contribution < -0.4 is 5.32 Å². The van der Waals surface area contributed by atoms with Crippen molar-refractivity contribution in [3.8, 4) is 0 Å². The van der Waals surface area contributed by atoms with E-state index in [-0.39, 0.29) is 17.3 Å². The van der Waals surface area contributed by atoms with Crippen molar-refractivity contribution < 1.29 is 13.2 Å². The quantitative estimate of drug-likeness (QED) is 0.882. The maximum Gasteiger partial charge on any atom is 0.416 e. The Morgan fingerprint density at radius 3 is 2.48 bits per heavy atom. The van der Waals surface area contributed by atoms with Crippen molar-refractivity contribution in [3.63, 3.8) is 0 Å². The highest BCUT2D eigenvalue weighted by Gasteiger charge is 2.31. The molecule has 2 aromatic rings. The van der Waals surface area contributed by atoms with Crippen LogP contribution in [0.25, 0.3) is 0 Å². The molecule has 0 fully saturated rings. The van der Waals surface area contributed by atoms with Gasteiger partial charge in [0, 0.05) is 19.2 Å². The summed E-state index contributed by atoms with van der Waals surface area (Å²) in [6, 6.07) is 3.13. The molecule has 1 aromatic heterocycles. The molecular weight excluding hydrogens is 326 g/mol. The summed E-state index contributed by atoms with van der Waals surface area (Å²) in [5.74, 6) is 0. The molecule has 1 aromatic carbocycles. The van der Waals surface area contributed by atoms with Gasteiger partial charge >= 0.3 is 6.18 Å². The number of hydrogen-bond donors (Lipinski definition) is 1. The predicted molar refractivity (Wildman–Crippen MR) is 76.7 cm³/mol. The van der Waals surface area contributed by atoms with Gasteiger partial charge in [0.2, 0.25) is 0 Å². The lowest BCUT2D eigenvalue weighted by Crippen LogP contribution is -2.07. The summed E-state index contributed by atoms with van der Waals surface area (Å²) in [6.07, 6.45) is -4.41. The Balaban J connectivity index is 2.24. The van der Waals surface area contributed by atoms with E-state index in [1.165, 1.54) is 10.7 Å². The molecule has 0 saturated carbocycles. The number of benzene rings is 1. The van der Waals surface area contributed by atoms with Crippen LogP contribution >= 0.6 is 23.2 Å². The molecule has 0 spiro atoms. The molecule has 8 heteroatoms. The van der Waals surface area contributed by atoms with Gasteiger partial charge in [-0.3, -0.25) is 4.68 Å². The Hall–Kier alpha value is -1.40. The molecule has 0 aliphatic rings. The molecule has 0 amide bonds. The Labute approximate surface area is 129 Å². The van der Waals surface area contributed by atoms with Crippen molar-refractivity contribution in [1.82, 2.24) is 9.78 Å². The maximum absolute atomic E-state index is 12.7. The minimum atomic E-state index is -4.41. The van der Waals surface area contributed by atoms with E-state index in [1.54, 1.807) is 14.0 Å². The van der Waals surface area contributed by atoms with Crippen LogP contribution in [0.3, 0.4) is 0 Å². The van der Waals surface area contributed by atoms with E-state index in [0.29, 0.717) is 16.4 Å². The lowest BCUT2D eigenvalue weighted by atomic mass is 10.2. The third-order valence-electron chi connectivity index (χ3n) is 3.02. The average molecular weight is 338 g/mol. The van der Waals surface area contributed by atoms with Gasteiger partial charge in [0.15, 0.2) is 0 Å². The molecule has 0 unspecified atom stereocenters. The van der Waals surface area contributed by atoms with E-state index in [0.717, 1.165) is 12.1 Å². The number of anilines is 1. The monoisotopic (exact) mass is 337 g/mol. The molecule has 0 bridgehead atoms. The molecule has 0 radical (unpaired) electrons. The Morgan fingerprint density at radius 1 is 1.29 bits per heavy atom. The van der Waals surface area contributed by atoms with Crippen molar-refractivity contribution >= 4 is 28.9 Å². The van der Waals surface area contributed by atoms with Gasteiger partial charge in [0.05, 0.1) is 22.0 Å². The predicted octanol–water partition coefficient (Wildman–Crippen LogP) is 4.67. The number of aromatic nitrogens is 2. The van der Waals surface area contributed by atoms with Crippen LogP contribution in [0.2, 0.25) is 10.2 Å². The summed E-state index contributed by atoms with van der Waals surface area (Å²) in [5, 5.41) is 7.64. The molecule has 0 saturated heterocycles. The molecule has 2 rings (SSSR count). The van der Waals surface area contributed by atoms with Crippen molar-refractivity contribution in [2.45, 2.75) is 19.6 Å². The third-order valence-corrected chi connectivity index (χ3v) is 3.82. The normalized spacial score (nSPS) is 11.8. The van der Waals surface area contributed by atoms with Gasteiger partial charge in [-0.2, -0.15) is 18.3 Å². The van der Waals surface area contributed by atoms with Crippen molar-refractivity contribution in [2.24, 2.45) is 7.05 Å². The average Bonchev–Trinajstić information content (AvgIpc) is 2.62. The van der Waals surface area contributed by atoms with Gasteiger partial charge in [0.1, 0.15) is 5.15 Å². The molecule has 0 aliphatic heterocycles. The van der Waals surface area contributed by atoms with E-state index in [4.69, 9.17) is 23.2 Å². The van der Waals surface area contributed by atoms with Crippen LogP contribution in [0.1, 0.15) is 16.8 Å². The highest BCUT2D eigenvalue weighted by molar-refractivity contribution is 6.33. The van der Waals surface area contributed by atoms with Crippen LogP contribution in [0.15, 0.2) is 18.2 Å². The smallest absolute Gasteiger partial charge is 0.380 e. The Morgan fingerprint density at radius 2 is 1.95 bits per heavy atom. The lowest BCUT2D eigenvalue weighted by Gasteiger charge is -2.12. The number of rotatable bonds is 3. The number of hydrogen-bond acceptors (Lipinski definition) is 2. The molecule has 21 heavy (non-hydrogen) atoms. The number of aryl methyl sites for hydroxylation is 2. The fraction of sp³-hybridized carbons (Fsp3) is 0.308. The first-order valence-corrected chi connectivity index (χ1v) is 6.74. The minimum Gasteiger partial charge on any atom is -0.380 e. The van der Waals surface area contributed by atoms with Crippen molar-refractivity contribution in [3.05, 3.63) is 45.2 Å². The minimum absolute atomic E-state index is 0.200. The van der Waals surface area contributed by atoms with E-state index in [9.17, 15) is 13.2 Å². The molecule has 114 valence electrons. The molecule has 0 aliphatic carbocycles. The first kappa shape index (κ1) is 16.0. The highest BCUT2D eigenvalue weighted by atomic mass is 35.5. The zero-order chi connectivity index (χ0) is 15.8. The number of nitrogens with one attached hydrogen (secondary N) is 1. The van der Waals surface area contributed by atoms with Crippen LogP contribution in [0.4, 0.5) is 18.9 Å². The molecular formula is C13H12Cl2F3N3. The standard InChI is InChI=1S/C13H12Cl2F3N3/c1-7-9(12(15)21(2)20-7)6-19-11-5-8(13(16,17)18)3-4-10(11)14/h3-5,19H,6H2,1-2H3. The Bertz CT molecular complexity index is 665. The van der Waals surface area contributed by atoms with Gasteiger partial charge in [-0.25, -0.2) is 0 Å². The van der Waals surface area contributed by atoms with Gasteiger partial charge in [-0.05, 0) is 25.1 Å². The first-order chi connectivity index (χ1) is 9.70. The highest BCUT2D eigenvalue weighted by Crippen LogP contribution is 2.34. The second kappa shape index (κ2) is 5.77. The van der Waals surface area contributed by atoms with E-state index >= 15 is 0 Å². The summed E-state index contributed by atoms with van der Waals surface area (Å²) in [4.78, 5) is 0. The number of halogens is 5. The van der Waals surface area contributed by atoms with Crippen LogP contribution in [0, 0.1) is 6.92 Å².